The van der Waals surface area contributed by atoms with Gasteiger partial charge in [0.2, 0.25) is 0 Å². The third-order valence-corrected chi connectivity index (χ3v) is 3.84. The lowest BCUT2D eigenvalue weighted by atomic mass is 10.1. The van der Waals surface area contributed by atoms with Gasteiger partial charge in [-0.2, -0.15) is 0 Å². The molecule has 110 valence electrons. The molecule has 3 N–H and O–H groups in total. The summed E-state index contributed by atoms with van der Waals surface area (Å²) in [6.45, 7) is 3.08. The summed E-state index contributed by atoms with van der Waals surface area (Å²) in [6.07, 6.45) is 2.20. The molecule has 21 heavy (non-hydrogen) atoms. The summed E-state index contributed by atoms with van der Waals surface area (Å²) < 4.78 is 0.986. The van der Waals surface area contributed by atoms with Crippen molar-refractivity contribution in [1.82, 2.24) is 0 Å². The monoisotopic (exact) mass is 345 g/mol. The molecule has 0 aliphatic carbocycles. The summed E-state index contributed by atoms with van der Waals surface area (Å²) in [6, 6.07) is 16.1. The van der Waals surface area contributed by atoms with Gasteiger partial charge >= 0.3 is 0 Å². The van der Waals surface area contributed by atoms with Gasteiger partial charge in [-0.1, -0.05) is 47.5 Å². The molecular weight excluding hydrogens is 326 g/mol. The normalized spacial score (nSPS) is 10.4. The lowest BCUT2D eigenvalue weighted by Crippen LogP contribution is -2.23. The molecule has 3 nitrogen and oxygen atoms in total. The molecule has 2 rings (SSSR count). The van der Waals surface area contributed by atoms with E-state index in [1.54, 1.807) is 0 Å². The summed E-state index contributed by atoms with van der Waals surface area (Å²) in [5.74, 6) is 0.0925. The summed E-state index contributed by atoms with van der Waals surface area (Å²) in [5.41, 5.74) is 8.60. The number of nitrogens with one attached hydrogen (secondary N) is 1. The van der Waals surface area contributed by atoms with Crippen molar-refractivity contribution >= 4 is 33.1 Å². The van der Waals surface area contributed by atoms with Crippen LogP contribution in [-0.2, 0) is 0 Å². The minimum atomic E-state index is 0.0925. The standard InChI is InChI=1S/C17H20BrN3/c1-2-3-11-21(14-7-5-4-6-8-14)16-12-13(18)9-10-15(16)17(19)20/h4-10,12H,2-3,11H2,1H3,(H3,19,20). The van der Waals surface area contributed by atoms with Crippen LogP contribution in [0.5, 0.6) is 0 Å². The smallest absolute Gasteiger partial charge is 0.124 e. The zero-order chi connectivity index (χ0) is 15.2. The first-order chi connectivity index (χ1) is 10.1. The fraction of sp³-hybridized carbons (Fsp3) is 0.235. The number of nitrogen functional groups attached to an aromatic ring is 1. The maximum Gasteiger partial charge on any atom is 0.124 e. The summed E-state index contributed by atoms with van der Waals surface area (Å²) in [7, 11) is 0. The lowest BCUT2D eigenvalue weighted by molar-refractivity contribution is 0.785. The van der Waals surface area contributed by atoms with Crippen LogP contribution in [-0.4, -0.2) is 12.4 Å². The van der Waals surface area contributed by atoms with Crippen LogP contribution in [0.4, 0.5) is 11.4 Å². The van der Waals surface area contributed by atoms with Gasteiger partial charge in [0.1, 0.15) is 5.84 Å². The topological polar surface area (TPSA) is 53.1 Å². The van der Waals surface area contributed by atoms with Crippen molar-refractivity contribution in [2.24, 2.45) is 5.73 Å². The van der Waals surface area contributed by atoms with Crippen LogP contribution >= 0.6 is 15.9 Å². The SMILES string of the molecule is CCCCN(c1ccccc1)c1cc(Br)ccc1C(=N)N. The lowest BCUT2D eigenvalue weighted by Gasteiger charge is -2.27. The van der Waals surface area contributed by atoms with E-state index >= 15 is 0 Å². The number of amidine groups is 1. The molecule has 0 aromatic heterocycles. The highest BCUT2D eigenvalue weighted by Crippen LogP contribution is 2.31. The van der Waals surface area contributed by atoms with Crippen molar-refractivity contribution in [3.63, 3.8) is 0 Å². The second kappa shape index (κ2) is 7.27. The van der Waals surface area contributed by atoms with E-state index in [1.165, 1.54) is 0 Å². The minimum absolute atomic E-state index is 0.0925. The Morgan fingerprint density at radius 2 is 1.90 bits per heavy atom. The van der Waals surface area contributed by atoms with Crippen molar-refractivity contribution in [2.75, 3.05) is 11.4 Å². The molecule has 0 fully saturated rings. The first kappa shape index (κ1) is 15.6. The number of anilines is 2. The Hall–Kier alpha value is -1.81. The Morgan fingerprint density at radius 3 is 2.52 bits per heavy atom. The van der Waals surface area contributed by atoms with Crippen LogP contribution in [0.25, 0.3) is 0 Å². The van der Waals surface area contributed by atoms with Gasteiger partial charge in [-0.25, -0.2) is 0 Å². The highest BCUT2D eigenvalue weighted by molar-refractivity contribution is 9.10. The average molecular weight is 346 g/mol. The molecule has 0 heterocycles. The number of nitrogens with zero attached hydrogens (tertiary/aromatic N) is 1. The van der Waals surface area contributed by atoms with Crippen molar-refractivity contribution < 1.29 is 0 Å². The minimum Gasteiger partial charge on any atom is -0.384 e. The molecular formula is C17H20BrN3. The van der Waals surface area contributed by atoms with E-state index in [9.17, 15) is 0 Å². The molecule has 0 amide bonds. The Labute approximate surface area is 134 Å². The molecule has 0 saturated carbocycles. The highest BCUT2D eigenvalue weighted by atomic mass is 79.9. The van der Waals surface area contributed by atoms with Crippen LogP contribution < -0.4 is 10.6 Å². The fourth-order valence-electron chi connectivity index (χ4n) is 2.27. The quantitative estimate of drug-likeness (QED) is 0.590. The highest BCUT2D eigenvalue weighted by Gasteiger charge is 2.15. The first-order valence-electron chi connectivity index (χ1n) is 7.10. The van der Waals surface area contributed by atoms with E-state index in [4.69, 9.17) is 11.1 Å². The number of nitrogens with two attached hydrogens (primary N) is 1. The van der Waals surface area contributed by atoms with Crippen LogP contribution in [0, 0.1) is 5.41 Å². The number of para-hydroxylation sites is 1. The summed E-state index contributed by atoms with van der Waals surface area (Å²) >= 11 is 3.52. The molecule has 0 bridgehead atoms. The van der Waals surface area contributed by atoms with Crippen molar-refractivity contribution in [3.8, 4) is 0 Å². The van der Waals surface area contributed by atoms with E-state index in [-0.39, 0.29) is 5.84 Å². The second-order valence-corrected chi connectivity index (χ2v) is 5.83. The fourth-order valence-corrected chi connectivity index (χ4v) is 2.62. The van der Waals surface area contributed by atoms with Gasteiger partial charge in [-0.3, -0.25) is 5.41 Å². The first-order valence-corrected chi connectivity index (χ1v) is 7.89. The third kappa shape index (κ3) is 3.85. The van der Waals surface area contributed by atoms with Crippen LogP contribution in [0.1, 0.15) is 25.3 Å². The maximum absolute atomic E-state index is 7.82. The number of rotatable bonds is 6. The average Bonchev–Trinajstić information content (AvgIpc) is 2.48. The zero-order valence-corrected chi connectivity index (χ0v) is 13.7. The van der Waals surface area contributed by atoms with Gasteiger partial charge in [0.15, 0.2) is 0 Å². The van der Waals surface area contributed by atoms with Gasteiger partial charge < -0.3 is 10.6 Å². The van der Waals surface area contributed by atoms with Gasteiger partial charge in [-0.15, -0.1) is 0 Å². The Kier molecular flexibility index (Phi) is 5.39. The van der Waals surface area contributed by atoms with Gasteiger partial charge in [0, 0.05) is 22.3 Å². The number of unbranched alkanes of at least 4 members (excludes halogenated alkanes) is 1. The van der Waals surface area contributed by atoms with E-state index < -0.39 is 0 Å². The van der Waals surface area contributed by atoms with E-state index in [0.29, 0.717) is 0 Å². The van der Waals surface area contributed by atoms with Crippen LogP contribution in [0.15, 0.2) is 53.0 Å². The van der Waals surface area contributed by atoms with Gasteiger partial charge in [-0.05, 0) is 36.8 Å². The molecule has 2 aromatic rings. The molecule has 4 heteroatoms. The van der Waals surface area contributed by atoms with Crippen molar-refractivity contribution in [1.29, 1.82) is 5.41 Å². The second-order valence-electron chi connectivity index (χ2n) is 4.92. The molecule has 0 spiro atoms. The van der Waals surface area contributed by atoms with Crippen LogP contribution in [0.3, 0.4) is 0 Å². The van der Waals surface area contributed by atoms with Gasteiger partial charge in [0.25, 0.3) is 0 Å². The molecule has 0 atom stereocenters. The van der Waals surface area contributed by atoms with E-state index in [0.717, 1.165) is 40.8 Å². The van der Waals surface area contributed by atoms with Crippen molar-refractivity contribution in [2.45, 2.75) is 19.8 Å². The Morgan fingerprint density at radius 1 is 1.19 bits per heavy atom. The summed E-state index contributed by atoms with van der Waals surface area (Å²) in [5, 5.41) is 7.82. The molecule has 0 saturated heterocycles. The predicted molar refractivity (Wildman–Crippen MR) is 93.5 cm³/mol. The van der Waals surface area contributed by atoms with E-state index in [2.05, 4.69) is 39.9 Å². The molecule has 0 unspecified atom stereocenters. The Balaban J connectivity index is 2.50. The molecule has 2 aromatic carbocycles. The third-order valence-electron chi connectivity index (χ3n) is 3.34. The number of hydrogen-bond acceptors (Lipinski definition) is 2. The largest absolute Gasteiger partial charge is 0.384 e. The maximum atomic E-state index is 7.82. The molecule has 0 aliphatic rings. The molecule has 0 radical (unpaired) electrons. The van der Waals surface area contributed by atoms with E-state index in [1.807, 2.05) is 36.4 Å². The van der Waals surface area contributed by atoms with Gasteiger partial charge in [0.05, 0.1) is 5.69 Å². The predicted octanol–water partition coefficient (Wildman–Crippen LogP) is 4.67. The molecule has 0 aliphatic heterocycles. The number of hydrogen-bond donors (Lipinski definition) is 2. The van der Waals surface area contributed by atoms with Crippen LogP contribution in [0.2, 0.25) is 0 Å². The Bertz CT molecular complexity index is 611. The van der Waals surface area contributed by atoms with Crippen molar-refractivity contribution in [3.05, 3.63) is 58.6 Å². The summed E-state index contributed by atoms with van der Waals surface area (Å²) in [4.78, 5) is 2.23. The number of benzene rings is 2. The number of halogens is 1. The zero-order valence-electron chi connectivity index (χ0n) is 12.1.